The first-order valence-corrected chi connectivity index (χ1v) is 7.77. The average Bonchev–Trinajstić information content (AvgIpc) is 2.54. The molecule has 1 amide bonds. The van der Waals surface area contributed by atoms with E-state index in [4.69, 9.17) is 21.1 Å². The van der Waals surface area contributed by atoms with Gasteiger partial charge >= 0.3 is 0 Å². The summed E-state index contributed by atoms with van der Waals surface area (Å²) in [5.41, 5.74) is 2.22. The van der Waals surface area contributed by atoms with E-state index in [0.29, 0.717) is 23.9 Å². The minimum Gasteiger partial charge on any atom is -0.491 e. The molecule has 0 heterocycles. The predicted octanol–water partition coefficient (Wildman–Crippen LogP) is 3.53. The summed E-state index contributed by atoms with van der Waals surface area (Å²) in [5.74, 6) is 1.26. The van der Waals surface area contributed by atoms with Crippen LogP contribution in [0.4, 0.5) is 0 Å². The lowest BCUT2D eigenvalue weighted by atomic mass is 10.1. The number of ether oxygens (including phenoxy) is 2. The van der Waals surface area contributed by atoms with Gasteiger partial charge in [-0.2, -0.15) is 0 Å². The largest absolute Gasteiger partial charge is 0.491 e. The second-order valence-electron chi connectivity index (χ2n) is 5.21. The van der Waals surface area contributed by atoms with E-state index in [1.165, 1.54) is 0 Å². The number of benzene rings is 2. The summed E-state index contributed by atoms with van der Waals surface area (Å²) in [4.78, 5) is 11.7. The van der Waals surface area contributed by atoms with E-state index in [2.05, 4.69) is 5.32 Å². The average molecular weight is 334 g/mol. The summed E-state index contributed by atoms with van der Waals surface area (Å²) in [5, 5.41) is 3.38. The van der Waals surface area contributed by atoms with Crippen molar-refractivity contribution in [3.8, 4) is 11.5 Å². The van der Waals surface area contributed by atoms with Crippen LogP contribution in [0.25, 0.3) is 0 Å². The van der Waals surface area contributed by atoms with E-state index in [1.807, 2.05) is 32.0 Å². The highest BCUT2D eigenvalue weighted by Gasteiger charge is 2.04. The van der Waals surface area contributed by atoms with Gasteiger partial charge in [-0.25, -0.2) is 0 Å². The van der Waals surface area contributed by atoms with Crippen LogP contribution in [0.5, 0.6) is 11.5 Å². The zero-order chi connectivity index (χ0) is 16.7. The second kappa shape index (κ2) is 8.44. The topological polar surface area (TPSA) is 47.6 Å². The smallest absolute Gasteiger partial charge is 0.258 e. The lowest BCUT2D eigenvalue weighted by Crippen LogP contribution is -2.32. The molecule has 0 aliphatic carbocycles. The Balaban J connectivity index is 1.66. The molecule has 5 heteroatoms. The lowest BCUT2D eigenvalue weighted by Gasteiger charge is -2.11. The quantitative estimate of drug-likeness (QED) is 0.788. The van der Waals surface area contributed by atoms with Gasteiger partial charge in [0.25, 0.3) is 5.91 Å². The zero-order valence-electron chi connectivity index (χ0n) is 13.3. The first kappa shape index (κ1) is 17.2. The molecular weight excluding hydrogens is 314 g/mol. The molecule has 122 valence electrons. The van der Waals surface area contributed by atoms with Gasteiger partial charge in [-0.3, -0.25) is 4.79 Å². The van der Waals surface area contributed by atoms with Crippen molar-refractivity contribution in [1.82, 2.24) is 5.32 Å². The fourth-order valence-electron chi connectivity index (χ4n) is 1.94. The Morgan fingerprint density at radius 3 is 2.57 bits per heavy atom. The highest BCUT2D eigenvalue weighted by molar-refractivity contribution is 6.30. The van der Waals surface area contributed by atoms with Crippen LogP contribution in [-0.4, -0.2) is 25.7 Å². The highest BCUT2D eigenvalue weighted by Crippen LogP contribution is 2.18. The third-order valence-electron chi connectivity index (χ3n) is 3.21. The standard InChI is InChI=1S/C18H20ClNO3/c1-13-3-4-14(2)17(11-13)22-10-9-20-18(21)12-23-16-7-5-15(19)6-8-16/h3-8,11H,9-10,12H2,1-2H3,(H,20,21). The fraction of sp³-hybridized carbons (Fsp3) is 0.278. The molecule has 4 nitrogen and oxygen atoms in total. The van der Waals surface area contributed by atoms with Crippen molar-refractivity contribution in [2.75, 3.05) is 19.8 Å². The second-order valence-corrected chi connectivity index (χ2v) is 5.65. The summed E-state index contributed by atoms with van der Waals surface area (Å²) in [6, 6.07) is 12.9. The molecule has 2 aromatic carbocycles. The van der Waals surface area contributed by atoms with E-state index < -0.39 is 0 Å². The number of aryl methyl sites for hydroxylation is 2. The van der Waals surface area contributed by atoms with Crippen LogP contribution >= 0.6 is 11.6 Å². The van der Waals surface area contributed by atoms with Crippen LogP contribution in [0.2, 0.25) is 5.02 Å². The molecule has 0 saturated carbocycles. The van der Waals surface area contributed by atoms with Crippen LogP contribution in [0.1, 0.15) is 11.1 Å². The number of hydrogen-bond donors (Lipinski definition) is 1. The minimum atomic E-state index is -0.190. The third kappa shape index (κ3) is 5.83. The monoisotopic (exact) mass is 333 g/mol. The van der Waals surface area contributed by atoms with Crippen molar-refractivity contribution in [1.29, 1.82) is 0 Å². The van der Waals surface area contributed by atoms with Crippen molar-refractivity contribution in [2.45, 2.75) is 13.8 Å². The molecule has 0 aliphatic rings. The van der Waals surface area contributed by atoms with Gasteiger partial charge < -0.3 is 14.8 Å². The summed E-state index contributed by atoms with van der Waals surface area (Å²) in [7, 11) is 0. The summed E-state index contributed by atoms with van der Waals surface area (Å²) in [6.07, 6.45) is 0. The van der Waals surface area contributed by atoms with Crippen molar-refractivity contribution in [3.05, 3.63) is 58.6 Å². The molecule has 0 unspecified atom stereocenters. The van der Waals surface area contributed by atoms with E-state index in [0.717, 1.165) is 16.9 Å². The van der Waals surface area contributed by atoms with Crippen LogP contribution in [0, 0.1) is 13.8 Å². The first-order chi connectivity index (χ1) is 11.0. The van der Waals surface area contributed by atoms with Crippen LogP contribution < -0.4 is 14.8 Å². The summed E-state index contributed by atoms with van der Waals surface area (Å²) in [6.45, 7) is 4.81. The Kier molecular flexibility index (Phi) is 6.29. The van der Waals surface area contributed by atoms with Gasteiger partial charge in [-0.1, -0.05) is 23.7 Å². The molecule has 0 aliphatic heterocycles. The predicted molar refractivity (Wildman–Crippen MR) is 91.4 cm³/mol. The van der Waals surface area contributed by atoms with E-state index in [9.17, 15) is 4.79 Å². The Morgan fingerprint density at radius 1 is 1.09 bits per heavy atom. The highest BCUT2D eigenvalue weighted by atomic mass is 35.5. The molecule has 23 heavy (non-hydrogen) atoms. The number of amides is 1. The summed E-state index contributed by atoms with van der Waals surface area (Å²) < 4.78 is 11.0. The van der Waals surface area contributed by atoms with Crippen molar-refractivity contribution >= 4 is 17.5 Å². The number of hydrogen-bond acceptors (Lipinski definition) is 3. The fourth-order valence-corrected chi connectivity index (χ4v) is 2.07. The molecule has 2 aromatic rings. The lowest BCUT2D eigenvalue weighted by molar-refractivity contribution is -0.123. The molecule has 2 rings (SSSR count). The van der Waals surface area contributed by atoms with Gasteiger partial charge in [0.2, 0.25) is 0 Å². The Morgan fingerprint density at radius 2 is 1.83 bits per heavy atom. The van der Waals surface area contributed by atoms with Gasteiger partial charge in [0.15, 0.2) is 6.61 Å². The normalized spacial score (nSPS) is 10.2. The maximum atomic E-state index is 11.7. The molecule has 0 fully saturated rings. The molecule has 0 radical (unpaired) electrons. The third-order valence-corrected chi connectivity index (χ3v) is 3.46. The first-order valence-electron chi connectivity index (χ1n) is 7.40. The number of carbonyl (C=O) groups is 1. The van der Waals surface area contributed by atoms with Crippen molar-refractivity contribution < 1.29 is 14.3 Å². The number of carbonyl (C=O) groups excluding carboxylic acids is 1. The van der Waals surface area contributed by atoms with Gasteiger partial charge in [0.05, 0.1) is 6.54 Å². The summed E-state index contributed by atoms with van der Waals surface area (Å²) >= 11 is 5.78. The number of halogens is 1. The number of nitrogens with one attached hydrogen (secondary N) is 1. The Hall–Kier alpha value is -2.20. The molecule has 0 atom stereocenters. The maximum Gasteiger partial charge on any atom is 0.258 e. The number of rotatable bonds is 7. The molecular formula is C18H20ClNO3. The molecule has 0 saturated heterocycles. The van der Waals surface area contributed by atoms with Crippen molar-refractivity contribution in [3.63, 3.8) is 0 Å². The molecule has 0 bridgehead atoms. The van der Waals surface area contributed by atoms with Gasteiger partial charge in [-0.05, 0) is 55.3 Å². The van der Waals surface area contributed by atoms with Crippen LogP contribution in [0.15, 0.2) is 42.5 Å². The van der Waals surface area contributed by atoms with E-state index in [1.54, 1.807) is 24.3 Å². The zero-order valence-corrected chi connectivity index (χ0v) is 14.0. The molecule has 0 aromatic heterocycles. The van der Waals surface area contributed by atoms with E-state index >= 15 is 0 Å². The Bertz CT molecular complexity index is 656. The molecule has 0 spiro atoms. The van der Waals surface area contributed by atoms with Gasteiger partial charge in [0, 0.05) is 5.02 Å². The van der Waals surface area contributed by atoms with Gasteiger partial charge in [0.1, 0.15) is 18.1 Å². The SMILES string of the molecule is Cc1ccc(C)c(OCCNC(=O)COc2ccc(Cl)cc2)c1. The Labute approximate surface area is 141 Å². The van der Waals surface area contributed by atoms with Crippen LogP contribution in [-0.2, 0) is 4.79 Å². The van der Waals surface area contributed by atoms with Crippen molar-refractivity contribution in [2.24, 2.45) is 0 Å². The minimum absolute atomic E-state index is 0.0366. The van der Waals surface area contributed by atoms with Crippen LogP contribution in [0.3, 0.4) is 0 Å². The maximum absolute atomic E-state index is 11.7. The van der Waals surface area contributed by atoms with E-state index in [-0.39, 0.29) is 12.5 Å². The molecule has 1 N–H and O–H groups in total. The van der Waals surface area contributed by atoms with Gasteiger partial charge in [-0.15, -0.1) is 0 Å².